The van der Waals surface area contributed by atoms with Crippen LogP contribution in [0.25, 0.3) is 11.0 Å². The van der Waals surface area contributed by atoms with Crippen molar-refractivity contribution >= 4 is 36.5 Å². The van der Waals surface area contributed by atoms with Gasteiger partial charge in [0.2, 0.25) is 6.23 Å². The van der Waals surface area contributed by atoms with Crippen LogP contribution < -0.4 is 15.3 Å². The van der Waals surface area contributed by atoms with Crippen LogP contribution in [0.5, 0.6) is 5.75 Å². The molecule has 2 aromatic carbocycles. The molecule has 1 unspecified atom stereocenters. The number of fused-ring (bicyclic) bond motifs is 1. The van der Waals surface area contributed by atoms with Gasteiger partial charge in [0.1, 0.15) is 42.8 Å². The zero-order chi connectivity index (χ0) is 33.8. The van der Waals surface area contributed by atoms with Crippen LogP contribution in [0, 0.1) is 0 Å². The summed E-state index contributed by atoms with van der Waals surface area (Å²) in [7, 11) is -4.46. The predicted molar refractivity (Wildman–Crippen MR) is 164 cm³/mol. The van der Waals surface area contributed by atoms with E-state index in [-0.39, 0.29) is 29.2 Å². The number of nitrogens with one attached hydrogen (secondary N) is 1. The van der Waals surface area contributed by atoms with E-state index in [1.807, 2.05) is 0 Å². The van der Waals surface area contributed by atoms with Crippen LogP contribution in [0.2, 0.25) is 0 Å². The number of aliphatic hydroxyl groups excluding tert-OH is 1. The Morgan fingerprint density at radius 1 is 1.13 bits per heavy atom. The molecule has 0 radical (unpaired) electrons. The molecule has 6 atom stereocenters. The number of hydrogen-bond donors (Lipinski definition) is 3. The zero-order valence-electron chi connectivity index (χ0n) is 25.6. The molecule has 5 rings (SSSR count). The van der Waals surface area contributed by atoms with Crippen molar-refractivity contribution in [2.24, 2.45) is 0 Å². The molecular weight excluding hydrogens is 638 g/mol. The summed E-state index contributed by atoms with van der Waals surface area (Å²) in [4.78, 5) is 33.9. The second-order valence-corrected chi connectivity index (χ2v) is 12.6. The van der Waals surface area contributed by atoms with E-state index in [4.69, 9.17) is 29.0 Å². The summed E-state index contributed by atoms with van der Waals surface area (Å²) in [6, 6.07) is 15.3. The lowest BCUT2D eigenvalue weighted by Gasteiger charge is -2.26. The molecule has 2 aromatic heterocycles. The number of nitrogens with two attached hydrogens (primary N) is 1. The Balaban J connectivity index is 1.43. The van der Waals surface area contributed by atoms with E-state index in [9.17, 15) is 19.3 Å². The zero-order valence-corrected chi connectivity index (χ0v) is 26.5. The van der Waals surface area contributed by atoms with Gasteiger partial charge in [0.25, 0.3) is 5.67 Å². The fourth-order valence-electron chi connectivity index (χ4n) is 4.73. The number of anilines is 1. The highest BCUT2D eigenvalue weighted by atomic mass is 31.2. The molecular formula is C30H34FN6O9P. The number of para-hydroxylation sites is 1. The van der Waals surface area contributed by atoms with Gasteiger partial charge < -0.3 is 29.6 Å². The van der Waals surface area contributed by atoms with E-state index in [0.717, 1.165) is 11.0 Å². The van der Waals surface area contributed by atoms with Crippen LogP contribution in [0.3, 0.4) is 0 Å². The summed E-state index contributed by atoms with van der Waals surface area (Å²) in [5.41, 5.74) is 3.22. The van der Waals surface area contributed by atoms with Gasteiger partial charge in [-0.05, 0) is 38.5 Å². The number of halogens is 1. The summed E-state index contributed by atoms with van der Waals surface area (Å²) in [5, 5.41) is 18.2. The Bertz CT molecular complexity index is 1750. The first-order valence-electron chi connectivity index (χ1n) is 14.6. The average molecular weight is 673 g/mol. The van der Waals surface area contributed by atoms with Crippen molar-refractivity contribution in [3.8, 4) is 5.75 Å². The van der Waals surface area contributed by atoms with Gasteiger partial charge in [0, 0.05) is 0 Å². The Hall–Kier alpha value is -4.47. The number of ether oxygens (including phenoxy) is 3. The summed E-state index contributed by atoms with van der Waals surface area (Å²) in [5.74, 6) is -2.05. The van der Waals surface area contributed by atoms with Gasteiger partial charge in [-0.1, -0.05) is 48.5 Å². The van der Waals surface area contributed by atoms with Gasteiger partial charge in [-0.25, -0.2) is 28.4 Å². The number of nitrogens with zero attached hydrogens (tertiary/aromatic N) is 4. The Morgan fingerprint density at radius 2 is 1.81 bits per heavy atom. The normalized spacial score (nSPS) is 22.9. The quantitative estimate of drug-likeness (QED) is 0.138. The number of hydrogen-bond acceptors (Lipinski definition) is 13. The molecule has 1 saturated heterocycles. The Morgan fingerprint density at radius 3 is 2.49 bits per heavy atom. The van der Waals surface area contributed by atoms with Gasteiger partial charge >= 0.3 is 19.7 Å². The van der Waals surface area contributed by atoms with Crippen LogP contribution in [0.4, 0.5) is 10.2 Å². The number of aliphatic hydroxyl groups is 1. The summed E-state index contributed by atoms with van der Waals surface area (Å²) in [6.45, 7) is 3.59. The van der Waals surface area contributed by atoms with Crippen LogP contribution in [-0.4, -0.2) is 73.4 Å². The van der Waals surface area contributed by atoms with E-state index in [1.54, 1.807) is 62.4 Å². The minimum absolute atomic E-state index is 0.00592. The van der Waals surface area contributed by atoms with E-state index in [0.29, 0.717) is 5.56 Å². The maximum absolute atomic E-state index is 17.1. The van der Waals surface area contributed by atoms with Crippen molar-refractivity contribution in [2.45, 2.75) is 63.6 Å². The molecule has 3 heterocycles. The van der Waals surface area contributed by atoms with Gasteiger partial charge in [-0.3, -0.25) is 9.32 Å². The molecule has 47 heavy (non-hydrogen) atoms. The van der Waals surface area contributed by atoms with Crippen molar-refractivity contribution in [1.82, 2.24) is 24.8 Å². The largest absolute Gasteiger partial charge is 0.462 e. The molecule has 1 aliphatic rings. The highest BCUT2D eigenvalue weighted by Crippen LogP contribution is 2.48. The first-order valence-corrected chi connectivity index (χ1v) is 16.1. The third-order valence-corrected chi connectivity index (χ3v) is 8.69. The molecule has 0 amide bonds. The first-order chi connectivity index (χ1) is 22.4. The second-order valence-electron chi connectivity index (χ2n) is 10.9. The lowest BCUT2D eigenvalue weighted by Crippen LogP contribution is -2.51. The number of carbonyl (C=O) groups excluding carboxylic acids is 2. The SMILES string of the molecule is CC(C)OC(=O)[C@H](C)NP(=O)(OC[C@H]1O[C@@H](n2ncc3c(N)ncnc32)[C@@](F)(C(=O)OCc2ccccc2)[C@@H]1O)Oc1ccccc1. The molecule has 4 N–H and O–H groups in total. The first kappa shape index (κ1) is 33.9. The standard InChI is InChI=1S/C30H34FN6O9P/c1-18(2)44-27(39)19(3)36-47(41,46-21-12-8-5-9-13-21)43-16-23-24(38)30(31,29(40)42-15-20-10-6-4-7-11-20)28(45-23)37-26-22(14-35-37)25(32)33-17-34-26/h4-14,17-19,23-24,28,38H,15-16H2,1-3H3,(H,36,41)(H2,32,33,34)/t19-,23+,24+,28+,30+,47?/m0/s1. The van der Waals surface area contributed by atoms with E-state index in [2.05, 4.69) is 20.2 Å². The van der Waals surface area contributed by atoms with E-state index >= 15 is 4.39 Å². The molecule has 15 nitrogen and oxygen atoms in total. The number of benzene rings is 2. The third kappa shape index (κ3) is 7.42. The third-order valence-electron chi connectivity index (χ3n) is 7.05. The Kier molecular flexibility index (Phi) is 10.2. The van der Waals surface area contributed by atoms with Gasteiger partial charge in [0.15, 0.2) is 5.65 Å². The van der Waals surface area contributed by atoms with Crippen molar-refractivity contribution in [1.29, 1.82) is 0 Å². The Labute approximate surface area is 268 Å². The molecule has 4 aromatic rings. The van der Waals surface area contributed by atoms with Crippen LogP contribution >= 0.6 is 7.75 Å². The minimum Gasteiger partial charge on any atom is -0.462 e. The van der Waals surface area contributed by atoms with Crippen molar-refractivity contribution in [3.63, 3.8) is 0 Å². The fourth-order valence-corrected chi connectivity index (χ4v) is 6.24. The molecule has 1 aliphatic heterocycles. The highest BCUT2D eigenvalue weighted by Gasteiger charge is 2.65. The lowest BCUT2D eigenvalue weighted by atomic mass is 9.96. The van der Waals surface area contributed by atoms with Gasteiger partial charge in [0.05, 0.1) is 24.3 Å². The minimum atomic E-state index is -4.46. The summed E-state index contributed by atoms with van der Waals surface area (Å²) in [6.07, 6.45) is -3.90. The van der Waals surface area contributed by atoms with Crippen molar-refractivity contribution in [2.75, 3.05) is 12.3 Å². The van der Waals surface area contributed by atoms with Crippen LogP contribution in [0.15, 0.2) is 73.2 Å². The van der Waals surface area contributed by atoms with Gasteiger partial charge in [-0.15, -0.1) is 0 Å². The topological polar surface area (TPSA) is 199 Å². The number of aromatic nitrogens is 4. The number of rotatable bonds is 13. The summed E-state index contributed by atoms with van der Waals surface area (Å²) < 4.78 is 59.6. The maximum Gasteiger partial charge on any atom is 0.459 e. The van der Waals surface area contributed by atoms with Crippen molar-refractivity contribution in [3.05, 3.63) is 78.8 Å². The molecule has 0 bridgehead atoms. The van der Waals surface area contributed by atoms with Crippen LogP contribution in [0.1, 0.15) is 32.6 Å². The fraction of sp³-hybridized carbons (Fsp3) is 0.367. The molecule has 250 valence electrons. The molecule has 17 heteroatoms. The second kappa shape index (κ2) is 14.1. The number of carbonyl (C=O) groups is 2. The number of nitrogen functional groups attached to an aromatic ring is 1. The average Bonchev–Trinajstić information content (AvgIpc) is 3.59. The smallest absolute Gasteiger partial charge is 0.459 e. The van der Waals surface area contributed by atoms with E-state index < -0.39 is 62.5 Å². The number of esters is 2. The number of alkyl halides is 1. The molecule has 0 spiro atoms. The van der Waals surface area contributed by atoms with E-state index in [1.165, 1.54) is 25.3 Å². The van der Waals surface area contributed by atoms with Crippen LogP contribution in [-0.2, 0) is 39.5 Å². The van der Waals surface area contributed by atoms with Gasteiger partial charge in [-0.2, -0.15) is 10.2 Å². The monoisotopic (exact) mass is 672 g/mol. The molecule has 1 fully saturated rings. The van der Waals surface area contributed by atoms with Crippen molar-refractivity contribution < 1.29 is 46.9 Å². The summed E-state index contributed by atoms with van der Waals surface area (Å²) >= 11 is 0. The predicted octanol–water partition coefficient (Wildman–Crippen LogP) is 3.25. The molecule has 0 aliphatic carbocycles. The molecule has 0 saturated carbocycles. The lowest BCUT2D eigenvalue weighted by molar-refractivity contribution is -0.173. The highest BCUT2D eigenvalue weighted by molar-refractivity contribution is 7.52. The maximum atomic E-state index is 17.1.